The average Bonchev–Trinajstić information content (AvgIpc) is 3.22. The monoisotopic (exact) mass is 440 g/mol. The van der Waals surface area contributed by atoms with Crippen LogP contribution in [0.4, 0.5) is 5.69 Å². The SMILES string of the molecule is CC(C)c1cccc(C(C)C)c1C1=CC=CC2=CN(c3c(C(C)C)cccc3C(C)C)CN21. The maximum atomic E-state index is 2.51. The normalized spacial score (nSPS) is 15.8. The van der Waals surface area contributed by atoms with Gasteiger partial charge in [0.05, 0.1) is 18.1 Å². The molecule has 2 aliphatic rings. The zero-order valence-corrected chi connectivity index (χ0v) is 21.7. The highest BCUT2D eigenvalue weighted by Crippen LogP contribution is 2.43. The van der Waals surface area contributed by atoms with Crippen molar-refractivity contribution in [1.82, 2.24) is 4.90 Å². The number of hydrogen-bond donors (Lipinski definition) is 0. The van der Waals surface area contributed by atoms with Gasteiger partial charge in [-0.1, -0.05) is 97.9 Å². The van der Waals surface area contributed by atoms with Gasteiger partial charge in [-0.25, -0.2) is 0 Å². The largest absolute Gasteiger partial charge is 0.327 e. The molecule has 0 saturated heterocycles. The van der Waals surface area contributed by atoms with Crippen LogP contribution in [0.5, 0.6) is 0 Å². The van der Waals surface area contributed by atoms with Crippen LogP contribution in [0.1, 0.15) is 107 Å². The summed E-state index contributed by atoms with van der Waals surface area (Å²) in [5.74, 6) is 1.92. The Morgan fingerprint density at radius 2 is 1.15 bits per heavy atom. The second-order valence-corrected chi connectivity index (χ2v) is 10.7. The molecule has 2 nitrogen and oxygen atoms in total. The fourth-order valence-corrected chi connectivity index (χ4v) is 5.22. The van der Waals surface area contributed by atoms with E-state index in [4.69, 9.17) is 0 Å². The van der Waals surface area contributed by atoms with Crippen LogP contribution in [0.3, 0.4) is 0 Å². The van der Waals surface area contributed by atoms with Crippen molar-refractivity contribution in [3.63, 3.8) is 0 Å². The molecule has 2 aromatic rings. The zero-order chi connectivity index (χ0) is 23.9. The van der Waals surface area contributed by atoms with Crippen LogP contribution in [-0.4, -0.2) is 11.6 Å². The minimum atomic E-state index is 0.478. The van der Waals surface area contributed by atoms with Crippen molar-refractivity contribution in [3.8, 4) is 0 Å². The number of fused-ring (bicyclic) bond motifs is 1. The van der Waals surface area contributed by atoms with Crippen molar-refractivity contribution in [2.24, 2.45) is 0 Å². The fourth-order valence-electron chi connectivity index (χ4n) is 5.22. The molecule has 0 fully saturated rings. The summed E-state index contributed by atoms with van der Waals surface area (Å²) < 4.78 is 0. The molecule has 0 N–H and O–H groups in total. The third kappa shape index (κ3) is 4.28. The van der Waals surface area contributed by atoms with E-state index in [2.05, 4.69) is 126 Å². The highest BCUT2D eigenvalue weighted by molar-refractivity contribution is 5.77. The highest BCUT2D eigenvalue weighted by Gasteiger charge is 2.31. The molecule has 2 aliphatic heterocycles. The number of rotatable bonds is 6. The number of nitrogens with zero attached hydrogens (tertiary/aromatic N) is 2. The summed E-state index contributed by atoms with van der Waals surface area (Å²) in [5, 5.41) is 0. The van der Waals surface area contributed by atoms with Gasteiger partial charge in [0, 0.05) is 17.5 Å². The van der Waals surface area contributed by atoms with Crippen LogP contribution in [0.15, 0.2) is 66.5 Å². The standard InChI is InChI=1S/C31H40N2/c1-20(2)25-13-10-14-26(21(3)4)30(25)29-17-9-12-24-18-32(19-33(24)29)31-27(22(5)6)15-11-16-28(31)23(7)8/h9-18,20-23H,19H2,1-8H3. The van der Waals surface area contributed by atoms with Gasteiger partial charge in [0.2, 0.25) is 0 Å². The van der Waals surface area contributed by atoms with E-state index in [0.29, 0.717) is 23.7 Å². The summed E-state index contributed by atoms with van der Waals surface area (Å²) in [6, 6.07) is 13.7. The molecule has 4 rings (SSSR count). The quantitative estimate of drug-likeness (QED) is 0.443. The van der Waals surface area contributed by atoms with Crippen molar-refractivity contribution in [3.05, 3.63) is 94.3 Å². The first-order valence-corrected chi connectivity index (χ1v) is 12.6. The molecule has 0 aromatic heterocycles. The smallest absolute Gasteiger partial charge is 0.0996 e. The van der Waals surface area contributed by atoms with Gasteiger partial charge in [0.25, 0.3) is 0 Å². The Morgan fingerprint density at radius 3 is 1.64 bits per heavy atom. The Bertz CT molecular complexity index is 1060. The molecule has 0 aliphatic carbocycles. The number of benzene rings is 2. The molecule has 2 heteroatoms. The molecule has 0 saturated carbocycles. The van der Waals surface area contributed by atoms with Gasteiger partial charge in [0.1, 0.15) is 0 Å². The molecule has 2 heterocycles. The van der Waals surface area contributed by atoms with Crippen molar-refractivity contribution in [2.75, 3.05) is 11.6 Å². The van der Waals surface area contributed by atoms with Crippen molar-refractivity contribution in [1.29, 1.82) is 0 Å². The number of allylic oxidation sites excluding steroid dienone is 3. The van der Waals surface area contributed by atoms with Gasteiger partial charge in [-0.3, -0.25) is 0 Å². The lowest BCUT2D eigenvalue weighted by molar-refractivity contribution is 0.540. The molecule has 33 heavy (non-hydrogen) atoms. The van der Waals surface area contributed by atoms with Crippen LogP contribution in [0.25, 0.3) is 5.70 Å². The lowest BCUT2D eigenvalue weighted by Gasteiger charge is -2.33. The van der Waals surface area contributed by atoms with Crippen LogP contribution in [0.2, 0.25) is 0 Å². The topological polar surface area (TPSA) is 6.48 Å². The zero-order valence-electron chi connectivity index (χ0n) is 21.7. The van der Waals surface area contributed by atoms with Gasteiger partial charge in [0.15, 0.2) is 0 Å². The molecule has 0 unspecified atom stereocenters. The van der Waals surface area contributed by atoms with Gasteiger partial charge >= 0.3 is 0 Å². The van der Waals surface area contributed by atoms with E-state index < -0.39 is 0 Å². The number of hydrogen-bond acceptors (Lipinski definition) is 2. The van der Waals surface area contributed by atoms with Gasteiger partial charge in [-0.05, 0) is 58.1 Å². The van der Waals surface area contributed by atoms with E-state index in [0.717, 1.165) is 6.67 Å². The van der Waals surface area contributed by atoms with Crippen molar-refractivity contribution >= 4 is 11.4 Å². The van der Waals surface area contributed by atoms with Crippen LogP contribution >= 0.6 is 0 Å². The fraction of sp³-hybridized carbons (Fsp3) is 0.419. The summed E-state index contributed by atoms with van der Waals surface area (Å²) in [4.78, 5) is 4.99. The van der Waals surface area contributed by atoms with E-state index in [9.17, 15) is 0 Å². The molecular formula is C31H40N2. The van der Waals surface area contributed by atoms with Gasteiger partial charge in [-0.15, -0.1) is 0 Å². The second kappa shape index (κ2) is 9.25. The van der Waals surface area contributed by atoms with E-state index in [1.807, 2.05) is 0 Å². The lowest BCUT2D eigenvalue weighted by atomic mass is 9.86. The molecule has 0 radical (unpaired) electrons. The Labute approximate surface area is 201 Å². The Morgan fingerprint density at radius 1 is 0.667 bits per heavy atom. The minimum absolute atomic E-state index is 0.478. The number of para-hydroxylation sites is 1. The first kappa shape index (κ1) is 23.4. The number of anilines is 1. The summed E-state index contributed by atoms with van der Waals surface area (Å²) in [7, 11) is 0. The maximum absolute atomic E-state index is 2.51. The predicted octanol–water partition coefficient (Wildman–Crippen LogP) is 8.71. The summed E-state index contributed by atoms with van der Waals surface area (Å²) in [6.45, 7) is 19.3. The van der Waals surface area contributed by atoms with E-state index in [1.54, 1.807) is 0 Å². The lowest BCUT2D eigenvalue weighted by Crippen LogP contribution is -2.28. The molecule has 0 spiro atoms. The van der Waals surface area contributed by atoms with Crippen LogP contribution < -0.4 is 4.90 Å². The average molecular weight is 441 g/mol. The molecule has 2 aromatic carbocycles. The first-order chi connectivity index (χ1) is 15.7. The van der Waals surface area contributed by atoms with E-state index in [1.165, 1.54) is 44.9 Å². The first-order valence-electron chi connectivity index (χ1n) is 12.6. The van der Waals surface area contributed by atoms with E-state index in [-0.39, 0.29) is 0 Å². The van der Waals surface area contributed by atoms with E-state index >= 15 is 0 Å². The Hall–Kier alpha value is -2.74. The molecule has 0 amide bonds. The predicted molar refractivity (Wildman–Crippen MR) is 144 cm³/mol. The molecule has 0 bridgehead atoms. The second-order valence-electron chi connectivity index (χ2n) is 10.7. The summed E-state index contributed by atoms with van der Waals surface area (Å²) >= 11 is 0. The van der Waals surface area contributed by atoms with Crippen molar-refractivity contribution in [2.45, 2.75) is 79.1 Å². The van der Waals surface area contributed by atoms with Crippen LogP contribution in [-0.2, 0) is 0 Å². The highest BCUT2D eigenvalue weighted by atomic mass is 15.4. The molecule has 0 atom stereocenters. The molecular weight excluding hydrogens is 400 g/mol. The summed E-state index contributed by atoms with van der Waals surface area (Å²) in [5.41, 5.74) is 11.1. The molecule has 174 valence electrons. The third-order valence-electron chi connectivity index (χ3n) is 6.96. The van der Waals surface area contributed by atoms with Crippen molar-refractivity contribution < 1.29 is 0 Å². The van der Waals surface area contributed by atoms with Gasteiger partial charge in [-0.2, -0.15) is 0 Å². The Kier molecular flexibility index (Phi) is 6.56. The maximum Gasteiger partial charge on any atom is 0.0996 e. The summed E-state index contributed by atoms with van der Waals surface area (Å²) in [6.07, 6.45) is 9.14. The van der Waals surface area contributed by atoms with Gasteiger partial charge < -0.3 is 9.80 Å². The third-order valence-corrected chi connectivity index (χ3v) is 6.96. The Balaban J connectivity index is 1.81. The van der Waals surface area contributed by atoms with Crippen LogP contribution in [0, 0.1) is 0 Å². The minimum Gasteiger partial charge on any atom is -0.327 e.